The number of nitrogens with two attached hydrogens (primary N) is 1. The number of cyclic esters (lactones) is 1. The molecule has 234 valence electrons. The van der Waals surface area contributed by atoms with E-state index in [9.17, 15) is 24.3 Å². The van der Waals surface area contributed by atoms with Crippen LogP contribution in [0.25, 0.3) is 10.9 Å². The number of fused-ring (bicyclic) bond motifs is 1. The molecule has 2 fully saturated rings. The average molecular weight is 600 g/mol. The molecule has 43 heavy (non-hydrogen) atoms. The second-order valence-corrected chi connectivity index (χ2v) is 11.7. The molecule has 12 heteroatoms. The summed E-state index contributed by atoms with van der Waals surface area (Å²) in [6.07, 6.45) is 4.45. The molecule has 0 spiro atoms. The molecule has 1 aromatic carbocycles. The van der Waals surface area contributed by atoms with Crippen LogP contribution >= 0.6 is 0 Å². The van der Waals surface area contributed by atoms with Gasteiger partial charge in [0.05, 0.1) is 6.04 Å². The summed E-state index contributed by atoms with van der Waals surface area (Å²) in [5.74, 6) is -3.66. The minimum atomic E-state index is -1.78. The van der Waals surface area contributed by atoms with Crippen molar-refractivity contribution in [2.45, 2.75) is 82.8 Å². The SMILES string of the molecule is CC[C@]1(O)C[C@@H](C)[C@](C)(OC(C)=O)C(=O)OCC2=CCN3CC[C@@H](OC1=O)[C@@H]23.NC(Cc1c[nH]c2ccccc12)C(=O)O. The van der Waals surface area contributed by atoms with Crippen LogP contribution < -0.4 is 5.73 Å². The minimum absolute atomic E-state index is 0.0513. The van der Waals surface area contributed by atoms with Crippen molar-refractivity contribution >= 4 is 34.8 Å². The lowest BCUT2D eigenvalue weighted by Gasteiger charge is -2.38. The van der Waals surface area contributed by atoms with Crippen LogP contribution in [-0.4, -0.2) is 93.1 Å². The van der Waals surface area contributed by atoms with Crippen molar-refractivity contribution in [3.63, 3.8) is 0 Å². The number of carbonyl (C=O) groups is 4. The van der Waals surface area contributed by atoms with Gasteiger partial charge in [0.15, 0.2) is 5.60 Å². The lowest BCUT2D eigenvalue weighted by atomic mass is 9.79. The molecule has 3 aliphatic rings. The van der Waals surface area contributed by atoms with E-state index >= 15 is 0 Å². The molecule has 1 aromatic heterocycles. The number of nitrogens with one attached hydrogen (secondary N) is 1. The first kappa shape index (κ1) is 32.2. The molecule has 0 amide bonds. The van der Waals surface area contributed by atoms with Crippen molar-refractivity contribution < 1.29 is 43.6 Å². The predicted octanol–water partition coefficient (Wildman–Crippen LogP) is 2.08. The number of aliphatic hydroxyl groups is 1. The molecule has 0 bridgehead atoms. The van der Waals surface area contributed by atoms with Crippen molar-refractivity contribution in [3.8, 4) is 0 Å². The Balaban J connectivity index is 0.000000237. The Morgan fingerprint density at radius 1 is 1.26 bits per heavy atom. The van der Waals surface area contributed by atoms with Crippen LogP contribution in [-0.2, 0) is 39.8 Å². The van der Waals surface area contributed by atoms with E-state index < -0.39 is 47.0 Å². The van der Waals surface area contributed by atoms with Gasteiger partial charge in [-0.2, -0.15) is 0 Å². The molecule has 5 N–H and O–H groups in total. The van der Waals surface area contributed by atoms with Gasteiger partial charge >= 0.3 is 23.9 Å². The first-order chi connectivity index (χ1) is 20.3. The first-order valence-corrected chi connectivity index (χ1v) is 14.6. The fourth-order valence-corrected chi connectivity index (χ4v) is 6.01. The van der Waals surface area contributed by atoms with Crippen molar-refractivity contribution in [2.24, 2.45) is 11.7 Å². The highest BCUT2D eigenvalue weighted by atomic mass is 16.6. The maximum atomic E-state index is 12.9. The van der Waals surface area contributed by atoms with E-state index in [2.05, 4.69) is 9.88 Å². The van der Waals surface area contributed by atoms with Gasteiger partial charge in [-0.3, -0.25) is 14.5 Å². The summed E-state index contributed by atoms with van der Waals surface area (Å²) in [7, 11) is 0. The maximum absolute atomic E-state index is 12.9. The molecule has 3 aliphatic heterocycles. The predicted molar refractivity (Wildman–Crippen MR) is 156 cm³/mol. The second-order valence-electron chi connectivity index (χ2n) is 11.7. The zero-order valence-corrected chi connectivity index (χ0v) is 25.0. The Kier molecular flexibility index (Phi) is 9.63. The summed E-state index contributed by atoms with van der Waals surface area (Å²) < 4.78 is 16.6. The molecule has 0 saturated carbocycles. The molecule has 12 nitrogen and oxygen atoms in total. The number of carboxylic acids is 1. The van der Waals surface area contributed by atoms with Gasteiger partial charge in [0.2, 0.25) is 5.60 Å². The van der Waals surface area contributed by atoms with Crippen LogP contribution in [0.2, 0.25) is 0 Å². The lowest BCUT2D eigenvalue weighted by molar-refractivity contribution is -0.192. The van der Waals surface area contributed by atoms with Gasteiger partial charge in [-0.25, -0.2) is 9.59 Å². The molecule has 2 saturated heterocycles. The van der Waals surface area contributed by atoms with Crippen molar-refractivity contribution in [2.75, 3.05) is 19.7 Å². The van der Waals surface area contributed by atoms with Crippen molar-refractivity contribution in [1.82, 2.24) is 9.88 Å². The van der Waals surface area contributed by atoms with Crippen LogP contribution in [0.1, 0.15) is 52.5 Å². The number of hydrogen-bond donors (Lipinski definition) is 4. The summed E-state index contributed by atoms with van der Waals surface area (Å²) >= 11 is 0. The molecule has 0 radical (unpaired) electrons. The lowest BCUT2D eigenvalue weighted by Crippen LogP contribution is -2.53. The second kappa shape index (κ2) is 12.9. The van der Waals surface area contributed by atoms with Gasteiger partial charge < -0.3 is 35.1 Å². The van der Waals surface area contributed by atoms with Gasteiger partial charge in [0.25, 0.3) is 0 Å². The molecule has 6 atom stereocenters. The number of aromatic amines is 1. The third-order valence-electron chi connectivity index (χ3n) is 8.78. The molecule has 4 heterocycles. The summed E-state index contributed by atoms with van der Waals surface area (Å²) in [6, 6.07) is 6.76. The number of para-hydroxylation sites is 1. The zero-order chi connectivity index (χ0) is 31.5. The molecule has 0 aliphatic carbocycles. The van der Waals surface area contributed by atoms with E-state index in [1.54, 1.807) is 13.8 Å². The Hall–Kier alpha value is -3.74. The number of aromatic nitrogens is 1. The minimum Gasteiger partial charge on any atom is -0.480 e. The first-order valence-electron chi connectivity index (χ1n) is 14.6. The van der Waals surface area contributed by atoms with Crippen LogP contribution in [0.5, 0.6) is 0 Å². The Morgan fingerprint density at radius 2 is 1.98 bits per heavy atom. The zero-order valence-electron chi connectivity index (χ0n) is 25.0. The van der Waals surface area contributed by atoms with Gasteiger partial charge in [-0.05, 0) is 43.4 Å². The van der Waals surface area contributed by atoms with E-state index in [0.717, 1.165) is 28.6 Å². The van der Waals surface area contributed by atoms with Gasteiger partial charge in [0, 0.05) is 49.5 Å². The van der Waals surface area contributed by atoms with E-state index in [1.807, 2.05) is 36.5 Å². The van der Waals surface area contributed by atoms with E-state index in [-0.39, 0.29) is 31.6 Å². The Bertz CT molecular complexity index is 1400. The number of esters is 3. The smallest absolute Gasteiger partial charge is 0.350 e. The van der Waals surface area contributed by atoms with E-state index in [1.165, 1.54) is 13.8 Å². The highest BCUT2D eigenvalue weighted by Crippen LogP contribution is 2.37. The number of carbonyl (C=O) groups excluding carboxylic acids is 3. The van der Waals surface area contributed by atoms with Gasteiger partial charge in [0.1, 0.15) is 18.8 Å². The fourth-order valence-electron chi connectivity index (χ4n) is 6.01. The van der Waals surface area contributed by atoms with Crippen molar-refractivity contribution in [1.29, 1.82) is 0 Å². The number of aliphatic carboxylic acids is 1. The number of hydrogen-bond acceptors (Lipinski definition) is 10. The third-order valence-corrected chi connectivity index (χ3v) is 8.78. The van der Waals surface area contributed by atoms with Crippen molar-refractivity contribution in [3.05, 3.63) is 47.7 Å². The fraction of sp³-hybridized carbons (Fsp3) is 0.548. The van der Waals surface area contributed by atoms with E-state index in [0.29, 0.717) is 19.4 Å². The quantitative estimate of drug-likeness (QED) is 0.224. The van der Waals surface area contributed by atoms with Crippen LogP contribution in [0.15, 0.2) is 42.1 Å². The number of rotatable bonds is 5. The third kappa shape index (κ3) is 6.76. The highest BCUT2D eigenvalue weighted by molar-refractivity contribution is 5.85. The molecule has 1 unspecified atom stereocenters. The van der Waals surface area contributed by atoms with Crippen LogP contribution in [0.4, 0.5) is 0 Å². The van der Waals surface area contributed by atoms with Crippen LogP contribution in [0.3, 0.4) is 0 Å². The number of benzene rings is 1. The Morgan fingerprint density at radius 3 is 2.65 bits per heavy atom. The van der Waals surface area contributed by atoms with E-state index in [4.69, 9.17) is 25.1 Å². The molecular formula is C31H41N3O9. The van der Waals surface area contributed by atoms with Gasteiger partial charge in [-0.1, -0.05) is 38.1 Å². The normalized spacial score (nSPS) is 30.0. The Labute approximate surface area is 250 Å². The largest absolute Gasteiger partial charge is 0.480 e. The van der Waals surface area contributed by atoms with Crippen LogP contribution in [0, 0.1) is 5.92 Å². The molecule has 5 rings (SSSR count). The maximum Gasteiger partial charge on any atom is 0.350 e. The molecular weight excluding hydrogens is 558 g/mol. The number of nitrogens with zero attached hydrogens (tertiary/aromatic N) is 1. The van der Waals surface area contributed by atoms with Gasteiger partial charge in [-0.15, -0.1) is 0 Å². The monoisotopic (exact) mass is 599 g/mol. The summed E-state index contributed by atoms with van der Waals surface area (Å²) in [5.41, 5.74) is 4.89. The molecule has 2 aromatic rings. The number of ether oxygens (including phenoxy) is 3. The summed E-state index contributed by atoms with van der Waals surface area (Å²) in [6.45, 7) is 7.52. The standard InChI is InChI=1S/C20H29NO7.C11H12N2O2/c1-5-20(25)10-12(2)19(4,28-13(3)22)17(23)26-11-14-6-8-21-9-7-15(16(14)21)27-18(20)24;12-9(11(14)15)5-7-6-13-10-4-2-1-3-8(7)10/h6,12,15-16,25H,5,7-11H2,1-4H3;1-4,6,9,13H,5,12H2,(H,14,15)/t12-,15-,16-,19+,20+;/m1./s1. The number of carboxylic acid groups (broad SMARTS) is 1. The number of H-pyrrole nitrogens is 1. The average Bonchev–Trinajstić information content (AvgIpc) is 3.67. The summed E-state index contributed by atoms with van der Waals surface area (Å²) in [5, 5.41) is 20.8. The summed E-state index contributed by atoms with van der Waals surface area (Å²) in [4.78, 5) is 53.3. The topological polar surface area (TPSA) is 181 Å². The highest BCUT2D eigenvalue weighted by Gasteiger charge is 2.52.